The second kappa shape index (κ2) is 6.64. The van der Waals surface area contributed by atoms with Gasteiger partial charge in [-0.2, -0.15) is 0 Å². The Bertz CT molecular complexity index is 160. The van der Waals surface area contributed by atoms with Crippen molar-refractivity contribution < 1.29 is 5.11 Å². The van der Waals surface area contributed by atoms with Crippen LogP contribution in [0.2, 0.25) is 0 Å². The van der Waals surface area contributed by atoms with Crippen LogP contribution in [-0.4, -0.2) is 11.7 Å². The zero-order valence-corrected chi connectivity index (χ0v) is 10.7. The molecule has 2 saturated carbocycles. The second-order valence-corrected chi connectivity index (χ2v) is 5.97. The van der Waals surface area contributed by atoms with E-state index in [2.05, 4.69) is 0 Å². The van der Waals surface area contributed by atoms with E-state index >= 15 is 0 Å². The lowest BCUT2D eigenvalue weighted by Crippen LogP contribution is -2.28. The Kier molecular flexibility index (Phi) is 5.15. The maximum atomic E-state index is 9.30. The summed E-state index contributed by atoms with van der Waals surface area (Å²) in [7, 11) is 0. The van der Waals surface area contributed by atoms with Gasteiger partial charge in [-0.25, -0.2) is 0 Å². The highest BCUT2D eigenvalue weighted by atomic mass is 16.3. The van der Waals surface area contributed by atoms with Crippen molar-refractivity contribution in [2.24, 2.45) is 17.8 Å². The van der Waals surface area contributed by atoms with Gasteiger partial charge in [-0.3, -0.25) is 0 Å². The van der Waals surface area contributed by atoms with Crippen LogP contribution in [0.3, 0.4) is 0 Å². The number of aliphatic hydroxyl groups excluding tert-OH is 1. The van der Waals surface area contributed by atoms with Gasteiger partial charge in [0.15, 0.2) is 0 Å². The van der Waals surface area contributed by atoms with Gasteiger partial charge >= 0.3 is 0 Å². The molecule has 0 aromatic carbocycles. The van der Waals surface area contributed by atoms with Crippen LogP contribution in [0.1, 0.15) is 70.6 Å². The van der Waals surface area contributed by atoms with Gasteiger partial charge in [-0.15, -0.1) is 0 Å². The SMILES string of the molecule is OCCC(C1CCCCC1)C1CCCCC1. The zero-order valence-electron chi connectivity index (χ0n) is 10.7. The summed E-state index contributed by atoms with van der Waals surface area (Å²) < 4.78 is 0. The largest absolute Gasteiger partial charge is 0.396 e. The smallest absolute Gasteiger partial charge is 0.0433 e. The minimum atomic E-state index is 0.414. The molecule has 94 valence electrons. The maximum Gasteiger partial charge on any atom is 0.0433 e. The Morgan fingerprint density at radius 3 is 1.56 bits per heavy atom. The van der Waals surface area contributed by atoms with Crippen LogP contribution in [0.4, 0.5) is 0 Å². The van der Waals surface area contributed by atoms with Crippen LogP contribution in [0.15, 0.2) is 0 Å². The Hall–Kier alpha value is -0.0400. The third kappa shape index (κ3) is 3.23. The first kappa shape index (κ1) is 12.4. The predicted molar refractivity (Wildman–Crippen MR) is 68.3 cm³/mol. The summed E-state index contributed by atoms with van der Waals surface area (Å²) in [4.78, 5) is 0. The Labute approximate surface area is 101 Å². The molecule has 0 heterocycles. The van der Waals surface area contributed by atoms with Crippen LogP contribution in [0, 0.1) is 17.8 Å². The Morgan fingerprint density at radius 2 is 1.19 bits per heavy atom. The van der Waals surface area contributed by atoms with Crippen molar-refractivity contribution in [1.29, 1.82) is 0 Å². The third-order valence-corrected chi connectivity index (χ3v) is 4.97. The predicted octanol–water partition coefficient (Wildman–Crippen LogP) is 4.15. The van der Waals surface area contributed by atoms with E-state index < -0.39 is 0 Å². The third-order valence-electron chi connectivity index (χ3n) is 4.97. The van der Waals surface area contributed by atoms with Gasteiger partial charge in [0, 0.05) is 6.61 Å². The molecule has 0 aromatic heterocycles. The lowest BCUT2D eigenvalue weighted by Gasteiger charge is -2.37. The minimum absolute atomic E-state index is 0.414. The highest BCUT2D eigenvalue weighted by molar-refractivity contribution is 4.81. The Balaban J connectivity index is 1.91. The van der Waals surface area contributed by atoms with Gasteiger partial charge in [0.2, 0.25) is 0 Å². The summed E-state index contributed by atoms with van der Waals surface area (Å²) >= 11 is 0. The van der Waals surface area contributed by atoms with Crippen LogP contribution in [0.5, 0.6) is 0 Å². The van der Waals surface area contributed by atoms with Crippen molar-refractivity contribution in [3.63, 3.8) is 0 Å². The number of aliphatic hydroxyl groups is 1. The number of hydrogen-bond donors (Lipinski definition) is 1. The molecule has 2 rings (SSSR count). The van der Waals surface area contributed by atoms with E-state index in [0.29, 0.717) is 6.61 Å². The van der Waals surface area contributed by atoms with Gasteiger partial charge in [-0.1, -0.05) is 64.2 Å². The van der Waals surface area contributed by atoms with Crippen molar-refractivity contribution in [2.45, 2.75) is 70.6 Å². The molecule has 0 atom stereocenters. The van der Waals surface area contributed by atoms with Crippen LogP contribution >= 0.6 is 0 Å². The van der Waals surface area contributed by atoms with E-state index in [0.717, 1.165) is 24.2 Å². The summed E-state index contributed by atoms with van der Waals surface area (Å²) in [6, 6.07) is 0. The quantitative estimate of drug-likeness (QED) is 0.760. The molecule has 0 unspecified atom stereocenters. The van der Waals surface area contributed by atoms with Gasteiger partial charge < -0.3 is 5.11 Å². The normalized spacial score (nSPS) is 25.1. The highest BCUT2D eigenvalue weighted by Crippen LogP contribution is 2.41. The van der Waals surface area contributed by atoms with E-state index in [-0.39, 0.29) is 0 Å². The molecule has 0 bridgehead atoms. The summed E-state index contributed by atoms with van der Waals surface area (Å²) in [5.41, 5.74) is 0. The fourth-order valence-corrected chi connectivity index (χ4v) is 4.13. The first-order chi connectivity index (χ1) is 7.92. The fraction of sp³-hybridized carbons (Fsp3) is 1.00. The zero-order chi connectivity index (χ0) is 11.2. The van der Waals surface area contributed by atoms with Crippen molar-refractivity contribution in [3.05, 3.63) is 0 Å². The topological polar surface area (TPSA) is 20.2 Å². The van der Waals surface area contributed by atoms with Crippen molar-refractivity contribution in [3.8, 4) is 0 Å². The molecule has 2 aliphatic carbocycles. The molecule has 1 heteroatoms. The van der Waals surface area contributed by atoms with Crippen molar-refractivity contribution in [1.82, 2.24) is 0 Å². The molecule has 0 aliphatic heterocycles. The molecule has 1 nitrogen and oxygen atoms in total. The van der Waals surface area contributed by atoms with E-state index in [1.165, 1.54) is 64.2 Å². The fourth-order valence-electron chi connectivity index (χ4n) is 4.13. The van der Waals surface area contributed by atoms with E-state index in [1.54, 1.807) is 0 Å². The highest BCUT2D eigenvalue weighted by Gasteiger charge is 2.30. The molecule has 0 spiro atoms. The molecule has 0 aromatic rings. The maximum absolute atomic E-state index is 9.30. The van der Waals surface area contributed by atoms with Gasteiger partial charge in [0.1, 0.15) is 0 Å². The molecule has 1 N–H and O–H groups in total. The van der Waals surface area contributed by atoms with Crippen molar-refractivity contribution in [2.75, 3.05) is 6.61 Å². The van der Waals surface area contributed by atoms with Crippen LogP contribution in [0.25, 0.3) is 0 Å². The molecule has 0 saturated heterocycles. The average molecular weight is 224 g/mol. The van der Waals surface area contributed by atoms with E-state index in [9.17, 15) is 5.11 Å². The van der Waals surface area contributed by atoms with Gasteiger partial charge in [0.05, 0.1) is 0 Å². The first-order valence-corrected chi connectivity index (χ1v) is 7.52. The summed E-state index contributed by atoms with van der Waals surface area (Å²) in [6.45, 7) is 0.414. The molecule has 2 fully saturated rings. The lowest BCUT2D eigenvalue weighted by molar-refractivity contribution is 0.111. The summed E-state index contributed by atoms with van der Waals surface area (Å²) in [5, 5.41) is 9.30. The molecular weight excluding hydrogens is 196 g/mol. The molecule has 16 heavy (non-hydrogen) atoms. The summed E-state index contributed by atoms with van der Waals surface area (Å²) in [6.07, 6.45) is 15.5. The molecule has 2 aliphatic rings. The standard InChI is InChI=1S/C15H28O/c16-12-11-15(13-7-3-1-4-8-13)14-9-5-2-6-10-14/h13-16H,1-12H2. The monoisotopic (exact) mass is 224 g/mol. The average Bonchev–Trinajstić information content (AvgIpc) is 2.38. The van der Waals surface area contributed by atoms with Gasteiger partial charge in [-0.05, 0) is 24.2 Å². The molecule has 0 radical (unpaired) electrons. The van der Waals surface area contributed by atoms with Crippen LogP contribution in [-0.2, 0) is 0 Å². The molecular formula is C15H28O. The number of hydrogen-bond acceptors (Lipinski definition) is 1. The van der Waals surface area contributed by atoms with Crippen molar-refractivity contribution >= 4 is 0 Å². The summed E-state index contributed by atoms with van der Waals surface area (Å²) in [5.74, 6) is 2.75. The number of rotatable bonds is 4. The first-order valence-electron chi connectivity index (χ1n) is 7.52. The minimum Gasteiger partial charge on any atom is -0.396 e. The van der Waals surface area contributed by atoms with E-state index in [4.69, 9.17) is 0 Å². The van der Waals surface area contributed by atoms with Crippen LogP contribution < -0.4 is 0 Å². The Morgan fingerprint density at radius 1 is 0.750 bits per heavy atom. The second-order valence-electron chi connectivity index (χ2n) is 5.97. The lowest BCUT2D eigenvalue weighted by atomic mass is 9.68. The van der Waals surface area contributed by atoms with Gasteiger partial charge in [0.25, 0.3) is 0 Å². The van der Waals surface area contributed by atoms with E-state index in [1.807, 2.05) is 0 Å². The molecule has 0 amide bonds.